The van der Waals surface area contributed by atoms with Gasteiger partial charge in [-0.15, -0.1) is 0 Å². The predicted octanol–water partition coefficient (Wildman–Crippen LogP) is 7.50. The van der Waals surface area contributed by atoms with Crippen LogP contribution in [0.5, 0.6) is 0 Å². The standard InChI is InChI=1S/C40H40O7P2Si2/c1-50(2,35-27-25-33(48(41,42)43)37(29-17-9-5-10-18-29)39(35)31-21-13-7-14-22-31)47-51(3,4)36-28-26-34(49(44,45)46)38(30-19-11-6-12-20-30)40(36)32-23-15-8-16-24-32/h5-28H,1-4H3,(H2,41,42,43)(H2,44,45,46). The Labute approximate surface area is 300 Å². The Morgan fingerprint density at radius 3 is 0.902 bits per heavy atom. The molecular formula is C40H40O7P2Si2. The van der Waals surface area contributed by atoms with Gasteiger partial charge in [0.25, 0.3) is 0 Å². The van der Waals surface area contributed by atoms with Crippen molar-refractivity contribution in [3.63, 3.8) is 0 Å². The van der Waals surface area contributed by atoms with E-state index in [0.717, 1.165) is 21.5 Å². The molecular weight excluding hydrogens is 711 g/mol. The Morgan fingerprint density at radius 1 is 0.392 bits per heavy atom. The van der Waals surface area contributed by atoms with Crippen LogP contribution in [0.25, 0.3) is 44.5 Å². The van der Waals surface area contributed by atoms with Crippen LogP contribution in [0.1, 0.15) is 0 Å². The molecule has 0 bridgehead atoms. The lowest BCUT2D eigenvalue weighted by atomic mass is 9.94. The molecule has 0 atom stereocenters. The van der Waals surface area contributed by atoms with Crippen molar-refractivity contribution in [1.29, 1.82) is 0 Å². The minimum atomic E-state index is -4.70. The van der Waals surface area contributed by atoms with Crippen molar-refractivity contribution >= 4 is 52.8 Å². The molecule has 0 saturated carbocycles. The van der Waals surface area contributed by atoms with E-state index in [1.54, 1.807) is 0 Å². The second-order valence-corrected chi connectivity index (χ2v) is 24.5. The van der Waals surface area contributed by atoms with Crippen molar-refractivity contribution in [3.8, 4) is 44.5 Å². The molecule has 51 heavy (non-hydrogen) atoms. The number of benzene rings is 6. The van der Waals surface area contributed by atoms with Gasteiger partial charge in [0.15, 0.2) is 0 Å². The Bertz CT molecular complexity index is 2110. The van der Waals surface area contributed by atoms with Crippen molar-refractivity contribution in [2.75, 3.05) is 0 Å². The minimum absolute atomic E-state index is 0.0514. The zero-order valence-corrected chi connectivity index (χ0v) is 32.6. The first-order valence-corrected chi connectivity index (χ1v) is 25.5. The largest absolute Gasteiger partial charge is 0.449 e. The molecule has 0 aliphatic heterocycles. The van der Waals surface area contributed by atoms with Crippen LogP contribution in [0, 0.1) is 0 Å². The molecule has 6 rings (SSSR count). The molecule has 0 aromatic heterocycles. The average Bonchev–Trinajstić information content (AvgIpc) is 3.10. The topological polar surface area (TPSA) is 124 Å². The lowest BCUT2D eigenvalue weighted by Gasteiger charge is -2.38. The molecule has 0 radical (unpaired) electrons. The number of hydrogen-bond acceptors (Lipinski definition) is 3. The molecule has 7 nitrogen and oxygen atoms in total. The summed E-state index contributed by atoms with van der Waals surface area (Å²) in [6.45, 7) is 8.39. The van der Waals surface area contributed by atoms with E-state index >= 15 is 0 Å². The zero-order valence-electron chi connectivity index (χ0n) is 28.8. The first-order valence-electron chi connectivity index (χ1n) is 16.5. The van der Waals surface area contributed by atoms with E-state index in [9.17, 15) is 28.7 Å². The molecule has 4 N–H and O–H groups in total. The van der Waals surface area contributed by atoms with E-state index in [0.29, 0.717) is 33.4 Å². The van der Waals surface area contributed by atoms with Crippen molar-refractivity contribution < 1.29 is 32.8 Å². The van der Waals surface area contributed by atoms with E-state index < -0.39 is 31.8 Å². The molecule has 11 heteroatoms. The molecule has 6 aromatic carbocycles. The Hall–Kier alpha value is -3.99. The summed E-state index contributed by atoms with van der Waals surface area (Å²) in [6, 6.07) is 44.5. The zero-order chi connectivity index (χ0) is 36.6. The maximum Gasteiger partial charge on any atom is 0.356 e. The predicted molar refractivity (Wildman–Crippen MR) is 213 cm³/mol. The van der Waals surface area contributed by atoms with E-state index in [1.165, 1.54) is 12.1 Å². The maximum absolute atomic E-state index is 13.0. The van der Waals surface area contributed by atoms with Gasteiger partial charge in [-0.2, -0.15) is 0 Å². The monoisotopic (exact) mass is 750 g/mol. The van der Waals surface area contributed by atoms with Crippen molar-refractivity contribution in [2.45, 2.75) is 26.2 Å². The highest BCUT2D eigenvalue weighted by Crippen LogP contribution is 2.44. The lowest BCUT2D eigenvalue weighted by Crippen LogP contribution is -2.58. The smallest absolute Gasteiger partial charge is 0.356 e. The fourth-order valence-electron chi connectivity index (χ4n) is 7.02. The SMILES string of the molecule is C[Si](C)(O[Si](C)(C)c1ccc(P(=O)(O)O)c(-c2ccccc2)c1-c1ccccc1)c1ccc(P(=O)(O)O)c(-c2ccccc2)c1-c1ccccc1. The van der Waals surface area contributed by atoms with Gasteiger partial charge in [0.1, 0.15) is 0 Å². The molecule has 6 aromatic rings. The second-order valence-electron chi connectivity index (χ2n) is 13.4. The highest BCUT2D eigenvalue weighted by Gasteiger charge is 2.42. The second kappa shape index (κ2) is 14.2. The molecule has 0 heterocycles. The van der Waals surface area contributed by atoms with Gasteiger partial charge in [0.05, 0.1) is 10.6 Å². The van der Waals surface area contributed by atoms with Gasteiger partial charge < -0.3 is 23.7 Å². The minimum Gasteiger partial charge on any atom is -0.449 e. The molecule has 0 fully saturated rings. The fourth-order valence-corrected chi connectivity index (χ4v) is 17.3. The van der Waals surface area contributed by atoms with Crippen LogP contribution in [0.15, 0.2) is 146 Å². The molecule has 0 spiro atoms. The van der Waals surface area contributed by atoms with Gasteiger partial charge in [-0.05, 0) is 82.1 Å². The average molecular weight is 751 g/mol. The summed E-state index contributed by atoms with van der Waals surface area (Å²) in [5.74, 6) is 0. The van der Waals surface area contributed by atoms with Gasteiger partial charge in [-0.1, -0.05) is 133 Å². The maximum atomic E-state index is 13.0. The van der Waals surface area contributed by atoms with Crippen LogP contribution in [-0.4, -0.2) is 36.2 Å². The van der Waals surface area contributed by atoms with Crippen LogP contribution >= 0.6 is 15.2 Å². The first kappa shape index (κ1) is 36.8. The molecule has 0 aliphatic rings. The molecule has 0 saturated heterocycles. The van der Waals surface area contributed by atoms with Crippen LogP contribution in [0.4, 0.5) is 0 Å². The molecule has 0 aliphatic carbocycles. The van der Waals surface area contributed by atoms with Crippen molar-refractivity contribution in [2.24, 2.45) is 0 Å². The van der Waals surface area contributed by atoms with Gasteiger partial charge in [0.2, 0.25) is 16.6 Å². The summed E-state index contributed by atoms with van der Waals surface area (Å²) in [4.78, 5) is 42.4. The summed E-state index contributed by atoms with van der Waals surface area (Å²) >= 11 is 0. The Balaban J connectivity index is 1.61. The third-order valence-electron chi connectivity index (χ3n) is 9.05. The van der Waals surface area contributed by atoms with E-state index in [2.05, 4.69) is 26.2 Å². The Morgan fingerprint density at radius 2 is 0.647 bits per heavy atom. The quantitative estimate of drug-likeness (QED) is 0.0845. The molecule has 0 amide bonds. The van der Waals surface area contributed by atoms with Crippen LogP contribution < -0.4 is 21.0 Å². The van der Waals surface area contributed by atoms with Crippen molar-refractivity contribution in [1.82, 2.24) is 0 Å². The molecule has 0 unspecified atom stereocenters. The normalized spacial score (nSPS) is 12.5. The summed E-state index contributed by atoms with van der Waals surface area (Å²) in [7, 11) is -15.4. The van der Waals surface area contributed by atoms with Crippen LogP contribution in [0.3, 0.4) is 0 Å². The number of hydrogen-bond donors (Lipinski definition) is 4. The van der Waals surface area contributed by atoms with E-state index in [1.807, 2.05) is 133 Å². The summed E-state index contributed by atoms with van der Waals surface area (Å²) in [5.41, 5.74) is 5.37. The van der Waals surface area contributed by atoms with Crippen LogP contribution in [0.2, 0.25) is 26.2 Å². The highest BCUT2D eigenvalue weighted by atomic mass is 31.2. The van der Waals surface area contributed by atoms with Gasteiger partial charge in [0, 0.05) is 11.1 Å². The fraction of sp³-hybridized carbons (Fsp3) is 0.100. The third kappa shape index (κ3) is 7.64. The Kier molecular flexibility index (Phi) is 10.2. The summed E-state index contributed by atoms with van der Waals surface area (Å²) in [5, 5.41) is 1.65. The van der Waals surface area contributed by atoms with E-state index in [-0.39, 0.29) is 10.6 Å². The molecule has 260 valence electrons. The number of rotatable bonds is 10. The highest BCUT2D eigenvalue weighted by molar-refractivity contribution is 7.61. The third-order valence-corrected chi connectivity index (χ3v) is 18.6. The first-order chi connectivity index (χ1) is 24.1. The summed E-state index contributed by atoms with van der Waals surface area (Å²) < 4.78 is 33.5. The lowest BCUT2D eigenvalue weighted by molar-refractivity contribution is 0.385. The van der Waals surface area contributed by atoms with Gasteiger partial charge in [-0.25, -0.2) is 0 Å². The van der Waals surface area contributed by atoms with E-state index in [4.69, 9.17) is 4.12 Å². The van der Waals surface area contributed by atoms with Crippen molar-refractivity contribution in [3.05, 3.63) is 146 Å². The van der Waals surface area contributed by atoms with Gasteiger partial charge >= 0.3 is 15.2 Å². The van der Waals surface area contributed by atoms with Gasteiger partial charge in [-0.3, -0.25) is 9.13 Å². The van der Waals surface area contributed by atoms with Crippen LogP contribution in [-0.2, 0) is 13.2 Å². The summed E-state index contributed by atoms with van der Waals surface area (Å²) in [6.07, 6.45) is 0.